The van der Waals surface area contributed by atoms with Crippen LogP contribution in [0.2, 0.25) is 15.3 Å². The van der Waals surface area contributed by atoms with Gasteiger partial charge in [-0.1, -0.05) is 47.5 Å². The van der Waals surface area contributed by atoms with Crippen LogP contribution in [0.5, 0.6) is 0 Å². The third-order valence-electron chi connectivity index (χ3n) is 10.4. The van der Waals surface area contributed by atoms with Gasteiger partial charge in [-0.2, -0.15) is 9.97 Å². The molecule has 0 spiro atoms. The third kappa shape index (κ3) is 12.1. The minimum atomic E-state index is -0.397. The molecule has 65 heavy (non-hydrogen) atoms. The highest BCUT2D eigenvalue weighted by Crippen LogP contribution is 2.35. The molecule has 0 saturated heterocycles. The van der Waals surface area contributed by atoms with Crippen LogP contribution in [-0.2, 0) is 25.7 Å². The van der Waals surface area contributed by atoms with Gasteiger partial charge in [0, 0.05) is 44.0 Å². The van der Waals surface area contributed by atoms with Crippen molar-refractivity contribution in [3.8, 4) is 0 Å². The highest BCUT2D eigenvalue weighted by molar-refractivity contribution is 6.34. The van der Waals surface area contributed by atoms with E-state index in [-0.39, 0.29) is 44.4 Å². The number of carbonyl (C=O) groups is 2. The van der Waals surface area contributed by atoms with Gasteiger partial charge in [0.15, 0.2) is 11.6 Å². The maximum absolute atomic E-state index is 12.2. The number of nitrogens with zero attached hydrogens (tertiary/aromatic N) is 6. The number of amides is 2. The van der Waals surface area contributed by atoms with Gasteiger partial charge in [-0.05, 0) is 109 Å². The monoisotopic (exact) mass is 940 g/mol. The number of nitro groups is 2. The van der Waals surface area contributed by atoms with Crippen LogP contribution in [0.25, 0.3) is 0 Å². The van der Waals surface area contributed by atoms with Gasteiger partial charge in [-0.25, -0.2) is 9.97 Å². The zero-order valence-electron chi connectivity index (χ0n) is 35.1. The molecule has 2 heterocycles. The smallest absolute Gasteiger partial charge is 0.271 e. The van der Waals surface area contributed by atoms with Crippen LogP contribution in [0.1, 0.15) is 68.7 Å². The Hall–Kier alpha value is -7.15. The number of nitrogen functional groups attached to an aromatic ring is 1. The number of anilines is 7. The molecule has 6 aromatic rings. The van der Waals surface area contributed by atoms with Crippen LogP contribution in [0.15, 0.2) is 85.2 Å². The number of nitro benzene ring substituents is 2. The highest BCUT2D eigenvalue weighted by atomic mass is 35.5. The number of aryl methyl sites for hydroxylation is 2. The number of nitrogens with two attached hydrogens (primary N) is 1. The summed E-state index contributed by atoms with van der Waals surface area (Å²) in [6.07, 6.45) is 10.6. The maximum Gasteiger partial charge on any atom is 0.271 e. The molecule has 0 unspecified atom stereocenters. The molecule has 8 rings (SSSR count). The fourth-order valence-corrected chi connectivity index (χ4v) is 7.64. The summed E-state index contributed by atoms with van der Waals surface area (Å²) >= 11 is 18.0. The van der Waals surface area contributed by atoms with Crippen molar-refractivity contribution in [1.82, 2.24) is 30.6 Å². The Bertz CT molecular complexity index is 2760. The van der Waals surface area contributed by atoms with E-state index in [4.69, 9.17) is 40.5 Å². The molecule has 18 nitrogen and oxygen atoms in total. The molecule has 0 saturated carbocycles. The van der Waals surface area contributed by atoms with Crippen LogP contribution in [0.3, 0.4) is 0 Å². The first-order chi connectivity index (χ1) is 31.3. The molecule has 2 aliphatic carbocycles. The van der Waals surface area contributed by atoms with Gasteiger partial charge in [0.25, 0.3) is 23.2 Å². The molecular weight excluding hydrogens is 899 g/mol. The second kappa shape index (κ2) is 22.0. The van der Waals surface area contributed by atoms with Gasteiger partial charge in [0.1, 0.15) is 10.0 Å². The van der Waals surface area contributed by atoms with E-state index < -0.39 is 4.92 Å². The standard InChI is InChI=1S/C22H21ClN6O3.C12H10Cl2N4O.C10H12N2O2/c1-24-21(30)16-8-4-5-9-18(16)26-20-17(23)12-25-22(28-20)27-19-11-14(29(31)32)10-13-6-2-3-7-15(13)19;1-15-11(19)7-4-2-3-5-9(7)17-10-8(13)6-16-12(14)18-10;11-10-6-8(12(13)14)5-7-3-1-2-4-9(7)10/h4-5,8-12H,2-3,6-7H2,1H3,(H,24,30)(H2,25,26,27,28);2-6H,1H3,(H,15,19)(H,16,17,18);5-6H,1-4,11H2. The first kappa shape index (κ1) is 47.3. The number of rotatable bonds is 10. The minimum Gasteiger partial charge on any atom is -0.398 e. The Kier molecular flexibility index (Phi) is 16.0. The topological polar surface area (TPSA) is 258 Å². The van der Waals surface area contributed by atoms with E-state index in [2.05, 4.69) is 46.5 Å². The SMILES string of the molecule is CNC(=O)c1ccccc1Nc1nc(Cl)ncc1Cl.CNC(=O)c1ccccc1Nc1nc(Nc2cc([N+](=O)[O-])cc3c2CCCC3)ncc1Cl.Nc1cc([N+](=O)[O-])cc2c1CCCC2. The Morgan fingerprint density at radius 1 is 0.615 bits per heavy atom. The van der Waals surface area contributed by atoms with E-state index in [9.17, 15) is 29.8 Å². The van der Waals surface area contributed by atoms with Gasteiger partial charge >= 0.3 is 0 Å². The summed E-state index contributed by atoms with van der Waals surface area (Å²) in [7, 11) is 3.12. The average molecular weight is 942 g/mol. The molecule has 7 N–H and O–H groups in total. The van der Waals surface area contributed by atoms with Crippen LogP contribution < -0.4 is 32.3 Å². The van der Waals surface area contributed by atoms with Crippen LogP contribution in [-0.4, -0.2) is 55.7 Å². The Morgan fingerprint density at radius 2 is 1.09 bits per heavy atom. The van der Waals surface area contributed by atoms with Gasteiger partial charge in [0.05, 0.1) is 50.4 Å². The van der Waals surface area contributed by atoms with Crippen LogP contribution >= 0.6 is 34.8 Å². The second-order valence-corrected chi connectivity index (χ2v) is 15.7. The highest BCUT2D eigenvalue weighted by Gasteiger charge is 2.21. The summed E-state index contributed by atoms with van der Waals surface area (Å²) in [4.78, 5) is 61.5. The van der Waals surface area contributed by atoms with Crippen molar-refractivity contribution in [2.24, 2.45) is 0 Å². The molecule has 0 fully saturated rings. The molecule has 21 heteroatoms. The first-order valence-electron chi connectivity index (χ1n) is 20.3. The lowest BCUT2D eigenvalue weighted by Crippen LogP contribution is -2.19. The summed E-state index contributed by atoms with van der Waals surface area (Å²) < 4.78 is 0. The predicted molar refractivity (Wildman–Crippen MR) is 252 cm³/mol. The molecule has 4 aromatic carbocycles. The molecule has 0 aliphatic heterocycles. The molecule has 0 atom stereocenters. The van der Waals surface area contributed by atoms with Gasteiger partial charge in [-0.15, -0.1) is 0 Å². The van der Waals surface area contributed by atoms with Crippen molar-refractivity contribution in [1.29, 1.82) is 0 Å². The zero-order valence-corrected chi connectivity index (χ0v) is 37.4. The fraction of sp³-hybridized carbons (Fsp3) is 0.227. The number of aromatic nitrogens is 4. The van der Waals surface area contributed by atoms with Gasteiger partial charge in [-0.3, -0.25) is 29.8 Å². The number of hydrogen-bond donors (Lipinski definition) is 6. The number of benzene rings is 4. The Morgan fingerprint density at radius 3 is 1.65 bits per heavy atom. The van der Waals surface area contributed by atoms with E-state index in [0.717, 1.165) is 73.6 Å². The molecule has 2 aliphatic rings. The third-order valence-corrected chi connectivity index (χ3v) is 11.1. The predicted octanol–water partition coefficient (Wildman–Crippen LogP) is 9.71. The summed E-state index contributed by atoms with van der Waals surface area (Å²) in [6, 6.07) is 20.3. The molecule has 2 amide bonds. The molecular formula is C44H43Cl3N12O6. The number of fused-ring (bicyclic) bond motifs is 2. The van der Waals surface area contributed by atoms with Crippen molar-refractivity contribution < 1.29 is 19.4 Å². The summed E-state index contributed by atoms with van der Waals surface area (Å²) in [5, 5.41) is 37.0. The summed E-state index contributed by atoms with van der Waals surface area (Å²) in [5.74, 6) is 0.430. The van der Waals surface area contributed by atoms with Crippen LogP contribution in [0, 0.1) is 20.2 Å². The minimum absolute atomic E-state index is 0.0277. The van der Waals surface area contributed by atoms with Crippen molar-refractivity contribution in [3.63, 3.8) is 0 Å². The largest absolute Gasteiger partial charge is 0.398 e. The lowest BCUT2D eigenvalue weighted by Gasteiger charge is -2.20. The lowest BCUT2D eigenvalue weighted by atomic mass is 9.90. The number of nitrogens with one attached hydrogen (secondary N) is 5. The maximum atomic E-state index is 12.2. The van der Waals surface area contributed by atoms with Crippen molar-refractivity contribution >= 4 is 98.3 Å². The zero-order chi connectivity index (χ0) is 46.6. The number of para-hydroxylation sites is 2. The van der Waals surface area contributed by atoms with Gasteiger partial charge < -0.3 is 32.3 Å². The number of carbonyl (C=O) groups excluding carboxylic acids is 2. The lowest BCUT2D eigenvalue weighted by molar-refractivity contribution is -0.385. The van der Waals surface area contributed by atoms with Crippen molar-refractivity contribution in [3.05, 3.63) is 154 Å². The molecule has 0 radical (unpaired) electrons. The van der Waals surface area contributed by atoms with Crippen LogP contribution in [0.4, 0.5) is 51.7 Å². The fourth-order valence-electron chi connectivity index (χ4n) is 7.23. The van der Waals surface area contributed by atoms with E-state index in [1.165, 1.54) is 24.5 Å². The Balaban J connectivity index is 0.000000179. The summed E-state index contributed by atoms with van der Waals surface area (Å²) in [6.45, 7) is 0. The van der Waals surface area contributed by atoms with E-state index in [0.29, 0.717) is 50.5 Å². The number of hydrogen-bond acceptors (Lipinski definition) is 14. The average Bonchev–Trinajstić information content (AvgIpc) is 3.31. The number of halogens is 3. The molecule has 2 aromatic heterocycles. The molecule has 336 valence electrons. The quantitative estimate of drug-likeness (QED) is 0.0323. The Labute approximate surface area is 388 Å². The van der Waals surface area contributed by atoms with E-state index >= 15 is 0 Å². The van der Waals surface area contributed by atoms with Crippen molar-refractivity contribution in [2.45, 2.75) is 51.4 Å². The summed E-state index contributed by atoms with van der Waals surface area (Å²) in [5.41, 5.74) is 13.3. The van der Waals surface area contributed by atoms with E-state index in [1.54, 1.807) is 74.8 Å². The van der Waals surface area contributed by atoms with Gasteiger partial charge in [0.2, 0.25) is 11.2 Å². The number of non-ortho nitro benzene ring substituents is 2. The van der Waals surface area contributed by atoms with Crippen molar-refractivity contribution in [2.75, 3.05) is 35.8 Å². The first-order valence-corrected chi connectivity index (χ1v) is 21.4. The normalized spacial score (nSPS) is 12.3. The molecule has 0 bridgehead atoms. The van der Waals surface area contributed by atoms with E-state index in [1.807, 2.05) is 0 Å². The second-order valence-electron chi connectivity index (χ2n) is 14.6.